The lowest BCUT2D eigenvalue weighted by atomic mass is 9.99. The molecule has 0 bridgehead atoms. The summed E-state index contributed by atoms with van der Waals surface area (Å²) in [5.74, 6) is 0.624. The van der Waals surface area contributed by atoms with E-state index < -0.39 is 5.91 Å². The maximum Gasteiger partial charge on any atom is 0.269 e. The molecule has 2 heterocycles. The first kappa shape index (κ1) is 17.8. The summed E-state index contributed by atoms with van der Waals surface area (Å²) in [5, 5.41) is 6.74. The highest BCUT2D eigenvalue weighted by molar-refractivity contribution is 5.90. The third-order valence-electron chi connectivity index (χ3n) is 4.45. The maximum atomic E-state index is 12.7. The van der Waals surface area contributed by atoms with Crippen molar-refractivity contribution in [1.29, 1.82) is 0 Å². The van der Waals surface area contributed by atoms with E-state index in [0.29, 0.717) is 12.3 Å². The van der Waals surface area contributed by atoms with Gasteiger partial charge in [-0.25, -0.2) is 0 Å². The van der Waals surface area contributed by atoms with Crippen molar-refractivity contribution in [1.82, 2.24) is 15.1 Å². The third-order valence-corrected chi connectivity index (χ3v) is 4.45. The molecule has 0 radical (unpaired) electrons. The van der Waals surface area contributed by atoms with Gasteiger partial charge in [0.05, 0.1) is 18.8 Å². The van der Waals surface area contributed by atoms with Crippen LogP contribution in [-0.4, -0.2) is 47.2 Å². The average Bonchev–Trinajstić information content (AvgIpc) is 3.17. The minimum absolute atomic E-state index is 0.0559. The number of rotatable bonds is 6. The van der Waals surface area contributed by atoms with Crippen molar-refractivity contribution in [3.8, 4) is 11.5 Å². The Labute approximate surface area is 151 Å². The quantitative estimate of drug-likeness (QED) is 0.816. The fraction of sp³-hybridized carbons (Fsp3) is 0.389. The van der Waals surface area contributed by atoms with Gasteiger partial charge >= 0.3 is 0 Å². The molecule has 1 unspecified atom stereocenters. The van der Waals surface area contributed by atoms with Crippen molar-refractivity contribution in [2.75, 3.05) is 20.3 Å². The number of carbonyl (C=O) groups is 2. The van der Waals surface area contributed by atoms with Gasteiger partial charge in [0.1, 0.15) is 17.2 Å². The number of amides is 2. The molecule has 0 spiro atoms. The summed E-state index contributed by atoms with van der Waals surface area (Å²) in [6, 6.07) is 8.53. The van der Waals surface area contributed by atoms with Gasteiger partial charge in [0.25, 0.3) is 11.8 Å². The standard InChI is InChI=1S/C18H22N4O4/c1-25-12-5-7-13(8-6-12)26-11-17(23)22-9-3-2-4-16(22)14-10-15(18(19)24)21-20-14/h5-8,10,16H,2-4,9,11H2,1H3,(H2,19,24)(H,20,21). The molecule has 1 fully saturated rings. The zero-order chi connectivity index (χ0) is 18.5. The van der Waals surface area contributed by atoms with Crippen molar-refractivity contribution in [2.24, 2.45) is 5.73 Å². The number of likely N-dealkylation sites (tertiary alicyclic amines) is 1. The number of H-pyrrole nitrogens is 1. The number of hydrogen-bond acceptors (Lipinski definition) is 5. The molecule has 1 aromatic heterocycles. The molecule has 3 rings (SSSR count). The molecule has 138 valence electrons. The van der Waals surface area contributed by atoms with Crippen LogP contribution in [0.1, 0.15) is 41.5 Å². The van der Waals surface area contributed by atoms with Gasteiger partial charge in [-0.1, -0.05) is 0 Å². The normalized spacial score (nSPS) is 17.0. The molecule has 1 atom stereocenters. The van der Waals surface area contributed by atoms with Gasteiger partial charge in [-0.15, -0.1) is 0 Å². The molecule has 1 aliphatic heterocycles. The predicted octanol–water partition coefficient (Wildman–Crippen LogP) is 1.65. The number of ether oxygens (including phenoxy) is 2. The SMILES string of the molecule is COc1ccc(OCC(=O)N2CCCCC2c2cc(C(N)=O)n[nH]2)cc1. The van der Waals surface area contributed by atoms with Crippen molar-refractivity contribution in [2.45, 2.75) is 25.3 Å². The number of aromatic amines is 1. The van der Waals surface area contributed by atoms with Gasteiger partial charge in [0.15, 0.2) is 6.61 Å². The predicted molar refractivity (Wildman–Crippen MR) is 93.9 cm³/mol. The first-order valence-corrected chi connectivity index (χ1v) is 8.50. The highest BCUT2D eigenvalue weighted by atomic mass is 16.5. The topological polar surface area (TPSA) is 111 Å². The summed E-state index contributed by atoms with van der Waals surface area (Å²) < 4.78 is 10.7. The summed E-state index contributed by atoms with van der Waals surface area (Å²) in [6.07, 6.45) is 2.73. The van der Waals surface area contributed by atoms with Gasteiger partial charge in [-0.3, -0.25) is 14.7 Å². The molecule has 8 heteroatoms. The van der Waals surface area contributed by atoms with Crippen molar-refractivity contribution < 1.29 is 19.1 Å². The van der Waals surface area contributed by atoms with Crippen molar-refractivity contribution in [3.05, 3.63) is 41.7 Å². The molecular formula is C18H22N4O4. The molecule has 3 N–H and O–H groups in total. The van der Waals surface area contributed by atoms with Crippen LogP contribution < -0.4 is 15.2 Å². The van der Waals surface area contributed by atoms with Crippen molar-refractivity contribution >= 4 is 11.8 Å². The van der Waals surface area contributed by atoms with Gasteiger partial charge in [-0.05, 0) is 49.6 Å². The van der Waals surface area contributed by atoms with Crippen LogP contribution in [0.4, 0.5) is 0 Å². The first-order valence-electron chi connectivity index (χ1n) is 8.50. The Bertz CT molecular complexity index is 772. The monoisotopic (exact) mass is 358 g/mol. The van der Waals surface area contributed by atoms with Crippen LogP contribution in [0.3, 0.4) is 0 Å². The van der Waals surface area contributed by atoms with E-state index in [1.807, 2.05) is 0 Å². The Morgan fingerprint density at radius 1 is 1.27 bits per heavy atom. The smallest absolute Gasteiger partial charge is 0.269 e. The Balaban J connectivity index is 1.65. The summed E-state index contributed by atoms with van der Waals surface area (Å²) in [4.78, 5) is 25.7. The molecule has 1 saturated heterocycles. The summed E-state index contributed by atoms with van der Waals surface area (Å²) in [7, 11) is 1.59. The average molecular weight is 358 g/mol. The molecule has 2 aromatic rings. The highest BCUT2D eigenvalue weighted by Crippen LogP contribution is 2.30. The zero-order valence-electron chi connectivity index (χ0n) is 14.6. The lowest BCUT2D eigenvalue weighted by Gasteiger charge is -2.35. The molecule has 1 aromatic carbocycles. The summed E-state index contributed by atoms with van der Waals surface area (Å²) >= 11 is 0. The fourth-order valence-electron chi connectivity index (χ4n) is 3.09. The van der Waals surface area contributed by atoms with Crippen LogP contribution >= 0.6 is 0 Å². The minimum Gasteiger partial charge on any atom is -0.497 e. The number of nitrogens with one attached hydrogen (secondary N) is 1. The van der Waals surface area contributed by atoms with E-state index in [9.17, 15) is 9.59 Å². The lowest BCUT2D eigenvalue weighted by Crippen LogP contribution is -2.41. The van der Waals surface area contributed by atoms with Crippen LogP contribution in [-0.2, 0) is 4.79 Å². The van der Waals surface area contributed by atoms with E-state index in [0.717, 1.165) is 30.7 Å². The van der Waals surface area contributed by atoms with Crippen LogP contribution in [0.25, 0.3) is 0 Å². The van der Waals surface area contributed by atoms with E-state index >= 15 is 0 Å². The second-order valence-electron chi connectivity index (χ2n) is 6.14. The van der Waals surface area contributed by atoms with E-state index in [2.05, 4.69) is 10.2 Å². The van der Waals surface area contributed by atoms with E-state index in [-0.39, 0.29) is 24.2 Å². The zero-order valence-corrected chi connectivity index (χ0v) is 14.6. The van der Waals surface area contributed by atoms with E-state index in [1.165, 1.54) is 0 Å². The number of methoxy groups -OCH3 is 1. The number of primary amides is 1. The van der Waals surface area contributed by atoms with Gasteiger partial charge in [-0.2, -0.15) is 5.10 Å². The van der Waals surface area contributed by atoms with Crippen LogP contribution in [0.15, 0.2) is 30.3 Å². The van der Waals surface area contributed by atoms with Gasteiger partial charge in [0, 0.05) is 6.54 Å². The van der Waals surface area contributed by atoms with Gasteiger partial charge in [0.2, 0.25) is 0 Å². The third kappa shape index (κ3) is 3.96. The number of nitrogens with two attached hydrogens (primary N) is 1. The van der Waals surface area contributed by atoms with E-state index in [4.69, 9.17) is 15.2 Å². The maximum absolute atomic E-state index is 12.7. The summed E-state index contributed by atoms with van der Waals surface area (Å²) in [6.45, 7) is 0.583. The van der Waals surface area contributed by atoms with E-state index in [1.54, 1.807) is 42.3 Å². The lowest BCUT2D eigenvalue weighted by molar-refractivity contribution is -0.137. The van der Waals surface area contributed by atoms with Crippen LogP contribution in [0.5, 0.6) is 11.5 Å². The number of hydrogen-bond donors (Lipinski definition) is 2. The molecule has 26 heavy (non-hydrogen) atoms. The second kappa shape index (κ2) is 7.90. The molecule has 0 saturated carbocycles. The van der Waals surface area contributed by atoms with Crippen molar-refractivity contribution in [3.63, 3.8) is 0 Å². The Kier molecular flexibility index (Phi) is 5.40. The van der Waals surface area contributed by atoms with Crippen LogP contribution in [0.2, 0.25) is 0 Å². The fourth-order valence-corrected chi connectivity index (χ4v) is 3.09. The number of benzene rings is 1. The Hall–Kier alpha value is -3.03. The number of piperidine rings is 1. The Morgan fingerprint density at radius 2 is 2.00 bits per heavy atom. The van der Waals surface area contributed by atoms with Gasteiger partial charge < -0.3 is 20.1 Å². The highest BCUT2D eigenvalue weighted by Gasteiger charge is 2.30. The summed E-state index contributed by atoms with van der Waals surface area (Å²) in [5.41, 5.74) is 6.15. The van der Waals surface area contributed by atoms with Crippen LogP contribution in [0, 0.1) is 0 Å². The molecular weight excluding hydrogens is 336 g/mol. The Morgan fingerprint density at radius 3 is 2.65 bits per heavy atom. The number of nitrogens with zero attached hydrogens (tertiary/aromatic N) is 2. The molecule has 2 amide bonds. The number of carbonyl (C=O) groups excluding carboxylic acids is 2. The minimum atomic E-state index is -0.593. The second-order valence-corrected chi connectivity index (χ2v) is 6.14. The largest absolute Gasteiger partial charge is 0.497 e. The molecule has 0 aliphatic carbocycles. The number of aromatic nitrogens is 2. The first-order chi connectivity index (χ1) is 12.6. The molecule has 8 nitrogen and oxygen atoms in total. The molecule has 1 aliphatic rings.